The quantitative estimate of drug-likeness (QED) is 0.247. The zero-order chi connectivity index (χ0) is 17.2. The van der Waals surface area contributed by atoms with Crippen LogP contribution in [-0.2, 0) is 4.79 Å². The predicted octanol–water partition coefficient (Wildman–Crippen LogP) is 6.31. The van der Waals surface area contributed by atoms with Crippen LogP contribution in [-0.4, -0.2) is 5.91 Å². The molecule has 0 aliphatic rings. The molecule has 23 heavy (non-hydrogen) atoms. The van der Waals surface area contributed by atoms with E-state index in [0.717, 1.165) is 19.3 Å². The first-order valence-corrected chi connectivity index (χ1v) is 9.77. The second-order valence-electron chi connectivity index (χ2n) is 6.64. The molecule has 0 fully saturated rings. The van der Waals surface area contributed by atoms with Crippen molar-refractivity contribution < 1.29 is 4.79 Å². The molecule has 134 valence electrons. The monoisotopic (exact) mass is 321 g/mol. The molecule has 0 rings (SSSR count). The number of amides is 1. The Morgan fingerprint density at radius 3 is 1.96 bits per heavy atom. The van der Waals surface area contributed by atoms with Crippen LogP contribution in [0.2, 0.25) is 0 Å². The first kappa shape index (κ1) is 21.9. The minimum absolute atomic E-state index is 0.00952. The van der Waals surface area contributed by atoms with Crippen LogP contribution in [0.4, 0.5) is 0 Å². The summed E-state index contributed by atoms with van der Waals surface area (Å²) in [6, 6.07) is 0. The highest BCUT2D eigenvalue weighted by atomic mass is 16.1. The van der Waals surface area contributed by atoms with Crippen molar-refractivity contribution in [1.82, 2.24) is 0 Å². The largest absolute Gasteiger partial charge is 0.369 e. The van der Waals surface area contributed by atoms with E-state index in [1.165, 1.54) is 70.6 Å². The zero-order valence-corrected chi connectivity index (χ0v) is 15.4. The molecular weight excluding hydrogens is 282 g/mol. The van der Waals surface area contributed by atoms with Gasteiger partial charge in [0, 0.05) is 5.92 Å². The van der Waals surface area contributed by atoms with Gasteiger partial charge in [0.2, 0.25) is 5.91 Å². The molecule has 2 nitrogen and oxygen atoms in total. The minimum atomic E-state index is -0.178. The van der Waals surface area contributed by atoms with E-state index in [1.807, 2.05) is 0 Å². The first-order chi connectivity index (χ1) is 11.2. The van der Waals surface area contributed by atoms with Crippen LogP contribution in [0.3, 0.4) is 0 Å². The maximum absolute atomic E-state index is 11.2. The van der Waals surface area contributed by atoms with Gasteiger partial charge in [-0.2, -0.15) is 0 Å². The number of carbonyl (C=O) groups is 1. The summed E-state index contributed by atoms with van der Waals surface area (Å²) in [7, 11) is 0. The lowest BCUT2D eigenvalue weighted by Crippen LogP contribution is -2.22. The highest BCUT2D eigenvalue weighted by Gasteiger charge is 2.12. The second-order valence-corrected chi connectivity index (χ2v) is 6.64. The van der Waals surface area contributed by atoms with Crippen molar-refractivity contribution in [3.63, 3.8) is 0 Å². The Balaban J connectivity index is 3.33. The van der Waals surface area contributed by atoms with Gasteiger partial charge in [0.1, 0.15) is 0 Å². The molecule has 1 atom stereocenters. The van der Waals surface area contributed by atoms with Crippen LogP contribution in [0.25, 0.3) is 0 Å². The third kappa shape index (κ3) is 15.6. The van der Waals surface area contributed by atoms with E-state index in [0.29, 0.717) is 0 Å². The Morgan fingerprint density at radius 1 is 0.913 bits per heavy atom. The number of rotatable bonds is 17. The van der Waals surface area contributed by atoms with E-state index in [9.17, 15) is 4.79 Å². The molecule has 1 unspecified atom stereocenters. The van der Waals surface area contributed by atoms with E-state index in [4.69, 9.17) is 5.73 Å². The molecule has 0 bridgehead atoms. The van der Waals surface area contributed by atoms with Crippen molar-refractivity contribution >= 4 is 5.91 Å². The number of hydrogen-bond donors (Lipinski definition) is 1. The second kappa shape index (κ2) is 17.3. The lowest BCUT2D eigenvalue weighted by atomic mass is 9.96. The van der Waals surface area contributed by atoms with Gasteiger partial charge < -0.3 is 5.73 Å². The van der Waals surface area contributed by atoms with Gasteiger partial charge in [-0.3, -0.25) is 4.79 Å². The Morgan fingerprint density at radius 2 is 1.43 bits per heavy atom. The van der Waals surface area contributed by atoms with Crippen LogP contribution < -0.4 is 5.73 Å². The summed E-state index contributed by atoms with van der Waals surface area (Å²) in [4.78, 5) is 11.2. The molecule has 0 aliphatic heterocycles. The van der Waals surface area contributed by atoms with Gasteiger partial charge in [0.15, 0.2) is 0 Å². The fourth-order valence-electron chi connectivity index (χ4n) is 2.86. The summed E-state index contributed by atoms with van der Waals surface area (Å²) in [5.74, 6) is -0.188. The average molecular weight is 322 g/mol. The molecule has 0 aromatic heterocycles. The Labute approximate surface area is 144 Å². The molecule has 0 heterocycles. The topological polar surface area (TPSA) is 43.1 Å². The van der Waals surface area contributed by atoms with Gasteiger partial charge >= 0.3 is 0 Å². The number of primary amides is 1. The lowest BCUT2D eigenvalue weighted by Gasteiger charge is -2.10. The van der Waals surface area contributed by atoms with E-state index in [1.54, 1.807) is 6.08 Å². The van der Waals surface area contributed by atoms with E-state index in [2.05, 4.69) is 25.7 Å². The molecule has 0 saturated heterocycles. The predicted molar refractivity (Wildman–Crippen MR) is 102 cm³/mol. The van der Waals surface area contributed by atoms with E-state index < -0.39 is 0 Å². The first-order valence-electron chi connectivity index (χ1n) is 9.77. The van der Waals surface area contributed by atoms with Crippen LogP contribution in [0, 0.1) is 5.92 Å². The molecule has 1 amide bonds. The summed E-state index contributed by atoms with van der Waals surface area (Å²) in [5, 5.41) is 0. The highest BCUT2D eigenvalue weighted by Crippen LogP contribution is 2.15. The number of hydrogen-bond acceptors (Lipinski definition) is 1. The summed E-state index contributed by atoms with van der Waals surface area (Å²) in [6.07, 6.45) is 23.6. The van der Waals surface area contributed by atoms with Crippen LogP contribution in [0.1, 0.15) is 96.8 Å². The van der Waals surface area contributed by atoms with Crippen molar-refractivity contribution in [3.05, 3.63) is 24.8 Å². The van der Waals surface area contributed by atoms with Gasteiger partial charge in [-0.15, -0.1) is 6.58 Å². The molecular formula is C21H39NO. The lowest BCUT2D eigenvalue weighted by molar-refractivity contribution is -0.121. The molecule has 0 spiro atoms. The third-order valence-corrected chi connectivity index (χ3v) is 4.42. The van der Waals surface area contributed by atoms with Crippen LogP contribution >= 0.6 is 0 Å². The summed E-state index contributed by atoms with van der Waals surface area (Å²) in [6.45, 7) is 5.95. The molecule has 0 aliphatic carbocycles. The third-order valence-electron chi connectivity index (χ3n) is 4.42. The fraction of sp³-hybridized carbons (Fsp3) is 0.762. The van der Waals surface area contributed by atoms with Gasteiger partial charge in [-0.1, -0.05) is 76.5 Å². The van der Waals surface area contributed by atoms with Crippen molar-refractivity contribution in [3.8, 4) is 0 Å². The molecule has 0 saturated carbocycles. The Bertz CT molecular complexity index is 309. The maximum atomic E-state index is 11.2. The smallest absolute Gasteiger partial charge is 0.220 e. The number of carbonyl (C=O) groups excluding carboxylic acids is 1. The fourth-order valence-corrected chi connectivity index (χ4v) is 2.86. The van der Waals surface area contributed by atoms with Crippen molar-refractivity contribution in [1.29, 1.82) is 0 Å². The standard InChI is InChI=1S/C21H39NO/c1-3-5-6-7-8-9-10-11-12-13-14-15-16-17-19-20(18-4-2)21(22)23/h4,11-12,20H,2-3,5-10,13-19H2,1H3,(H2,22,23)/b12-11-. The van der Waals surface area contributed by atoms with Crippen molar-refractivity contribution in [2.24, 2.45) is 11.7 Å². The van der Waals surface area contributed by atoms with Crippen LogP contribution in [0.15, 0.2) is 24.8 Å². The SMILES string of the molecule is C=CCC(CCCCCC/C=C\CCCCCCCC)C(N)=O. The average Bonchev–Trinajstić information content (AvgIpc) is 2.54. The van der Waals surface area contributed by atoms with Crippen molar-refractivity contribution in [2.75, 3.05) is 0 Å². The highest BCUT2D eigenvalue weighted by molar-refractivity contribution is 5.76. The molecule has 2 heteroatoms. The molecule has 0 radical (unpaired) electrons. The Kier molecular flexibility index (Phi) is 16.5. The van der Waals surface area contributed by atoms with Crippen molar-refractivity contribution in [2.45, 2.75) is 96.8 Å². The minimum Gasteiger partial charge on any atom is -0.369 e. The summed E-state index contributed by atoms with van der Waals surface area (Å²) >= 11 is 0. The summed E-state index contributed by atoms with van der Waals surface area (Å²) in [5.41, 5.74) is 5.38. The van der Waals surface area contributed by atoms with E-state index in [-0.39, 0.29) is 11.8 Å². The zero-order valence-electron chi connectivity index (χ0n) is 15.4. The molecule has 0 aromatic carbocycles. The van der Waals surface area contributed by atoms with Gasteiger partial charge in [-0.05, 0) is 38.5 Å². The Hall–Kier alpha value is -1.05. The van der Waals surface area contributed by atoms with Gasteiger partial charge in [0.05, 0.1) is 0 Å². The normalized spacial score (nSPS) is 12.6. The number of allylic oxidation sites excluding steroid dienone is 3. The van der Waals surface area contributed by atoms with Gasteiger partial charge in [-0.25, -0.2) is 0 Å². The molecule has 2 N–H and O–H groups in total. The van der Waals surface area contributed by atoms with E-state index >= 15 is 0 Å². The van der Waals surface area contributed by atoms with Crippen LogP contribution in [0.5, 0.6) is 0 Å². The number of unbranched alkanes of at least 4 members (excludes halogenated alkanes) is 10. The summed E-state index contributed by atoms with van der Waals surface area (Å²) < 4.78 is 0. The number of nitrogens with two attached hydrogens (primary N) is 1. The maximum Gasteiger partial charge on any atom is 0.220 e. The van der Waals surface area contributed by atoms with Gasteiger partial charge in [0.25, 0.3) is 0 Å². The molecule has 0 aromatic rings.